The second kappa shape index (κ2) is 10.3. The molecule has 0 aromatic heterocycles. The summed E-state index contributed by atoms with van der Waals surface area (Å²) in [7, 11) is 0. The van der Waals surface area contributed by atoms with Crippen molar-refractivity contribution in [2.24, 2.45) is 5.92 Å². The molecule has 0 radical (unpaired) electrons. The quantitative estimate of drug-likeness (QED) is 0.531. The summed E-state index contributed by atoms with van der Waals surface area (Å²) < 4.78 is 20.1. The van der Waals surface area contributed by atoms with Crippen LogP contribution in [0, 0.1) is 11.7 Å². The predicted octanol–water partition coefficient (Wildman–Crippen LogP) is 5.24. The number of carboxylic acids is 1. The van der Waals surface area contributed by atoms with Crippen molar-refractivity contribution in [2.45, 2.75) is 57.7 Å². The summed E-state index contributed by atoms with van der Waals surface area (Å²) in [5, 5.41) is 12.7. The third kappa shape index (κ3) is 6.07. The fraction of sp³-hybridized carbons (Fsp3) is 0.462. The first kappa shape index (κ1) is 24.5. The van der Waals surface area contributed by atoms with Crippen LogP contribution in [0.5, 0.6) is 0 Å². The van der Waals surface area contributed by atoms with Gasteiger partial charge >= 0.3 is 5.97 Å². The molecule has 34 heavy (non-hydrogen) atoms. The van der Waals surface area contributed by atoms with E-state index < -0.39 is 11.8 Å². The number of carbonyl (C=O) groups is 2. The maximum absolute atomic E-state index is 14.3. The molecule has 182 valence electrons. The molecule has 2 fully saturated rings. The molecule has 1 heterocycles. The van der Waals surface area contributed by atoms with Gasteiger partial charge in [0.05, 0.1) is 36.4 Å². The first-order valence-electron chi connectivity index (χ1n) is 11.7. The SMILES string of the molecule is C[C@@H]1CN(c2ccc(C(CC(=O)O)C3CC3)cc2NC(=O)Cc2ccc(Cl)cc2F)C[C@H](C)O1. The van der Waals surface area contributed by atoms with Gasteiger partial charge in [0.2, 0.25) is 5.91 Å². The average Bonchev–Trinajstić information content (AvgIpc) is 3.58. The number of morpholine rings is 1. The zero-order chi connectivity index (χ0) is 24.4. The average molecular weight is 489 g/mol. The second-order valence-electron chi connectivity index (χ2n) is 9.44. The van der Waals surface area contributed by atoms with Gasteiger partial charge in [-0.15, -0.1) is 0 Å². The van der Waals surface area contributed by atoms with Crippen molar-refractivity contribution < 1.29 is 23.8 Å². The summed E-state index contributed by atoms with van der Waals surface area (Å²) in [6.45, 7) is 5.35. The number of nitrogens with one attached hydrogen (secondary N) is 1. The Morgan fingerprint density at radius 2 is 1.88 bits per heavy atom. The van der Waals surface area contributed by atoms with Crippen molar-refractivity contribution >= 4 is 34.9 Å². The summed E-state index contributed by atoms with van der Waals surface area (Å²) in [5.41, 5.74) is 2.61. The van der Waals surface area contributed by atoms with Gasteiger partial charge in [-0.3, -0.25) is 9.59 Å². The van der Waals surface area contributed by atoms with E-state index in [-0.39, 0.29) is 47.5 Å². The Bertz CT molecular complexity index is 1060. The summed E-state index contributed by atoms with van der Waals surface area (Å²) >= 11 is 5.83. The van der Waals surface area contributed by atoms with Crippen molar-refractivity contribution in [1.82, 2.24) is 0 Å². The highest BCUT2D eigenvalue weighted by molar-refractivity contribution is 6.30. The fourth-order valence-corrected chi connectivity index (χ4v) is 4.97. The summed E-state index contributed by atoms with van der Waals surface area (Å²) in [6, 6.07) is 10.1. The Balaban J connectivity index is 1.63. The lowest BCUT2D eigenvalue weighted by Gasteiger charge is -2.38. The molecule has 2 aromatic carbocycles. The molecular formula is C26H30ClFN2O4. The zero-order valence-electron chi connectivity index (χ0n) is 19.4. The molecule has 8 heteroatoms. The smallest absolute Gasteiger partial charge is 0.303 e. The maximum Gasteiger partial charge on any atom is 0.303 e. The van der Waals surface area contributed by atoms with Gasteiger partial charge in [-0.05, 0) is 73.9 Å². The Morgan fingerprint density at radius 3 is 2.50 bits per heavy atom. The van der Waals surface area contributed by atoms with E-state index in [1.165, 1.54) is 12.1 Å². The number of carboxylic acid groups (broad SMARTS) is 1. The molecule has 1 amide bonds. The molecule has 6 nitrogen and oxygen atoms in total. The molecule has 0 spiro atoms. The number of carbonyl (C=O) groups excluding carboxylic acids is 1. The molecule has 1 aliphatic heterocycles. The highest BCUT2D eigenvalue weighted by Crippen LogP contribution is 2.46. The van der Waals surface area contributed by atoms with Crippen LogP contribution in [0.1, 0.15) is 50.2 Å². The lowest BCUT2D eigenvalue weighted by Crippen LogP contribution is -2.45. The van der Waals surface area contributed by atoms with Gasteiger partial charge in [-0.1, -0.05) is 23.7 Å². The van der Waals surface area contributed by atoms with Gasteiger partial charge in [0.1, 0.15) is 5.82 Å². The van der Waals surface area contributed by atoms with E-state index in [9.17, 15) is 19.1 Å². The van der Waals surface area contributed by atoms with E-state index in [1.807, 2.05) is 32.0 Å². The molecular weight excluding hydrogens is 459 g/mol. The number of rotatable bonds is 8. The third-order valence-corrected chi connectivity index (χ3v) is 6.67. The minimum absolute atomic E-state index is 0.0290. The topological polar surface area (TPSA) is 78.9 Å². The summed E-state index contributed by atoms with van der Waals surface area (Å²) in [5.74, 6) is -1.46. The fourth-order valence-electron chi connectivity index (χ4n) is 4.81. The van der Waals surface area contributed by atoms with Crippen LogP contribution in [0.15, 0.2) is 36.4 Å². The number of amides is 1. The van der Waals surface area contributed by atoms with Crippen LogP contribution in [0.25, 0.3) is 0 Å². The third-order valence-electron chi connectivity index (χ3n) is 6.43. The minimum Gasteiger partial charge on any atom is -0.481 e. The van der Waals surface area contributed by atoms with Crippen molar-refractivity contribution in [2.75, 3.05) is 23.3 Å². The molecule has 1 unspecified atom stereocenters. The van der Waals surface area contributed by atoms with Crippen LogP contribution < -0.4 is 10.2 Å². The number of aliphatic carboxylic acids is 1. The molecule has 0 bridgehead atoms. The molecule has 2 aliphatic rings. The zero-order valence-corrected chi connectivity index (χ0v) is 20.1. The van der Waals surface area contributed by atoms with Crippen molar-refractivity contribution in [1.29, 1.82) is 0 Å². The summed E-state index contributed by atoms with van der Waals surface area (Å²) in [6.07, 6.45) is 2.00. The van der Waals surface area contributed by atoms with Crippen LogP contribution in [0.4, 0.5) is 15.8 Å². The number of ether oxygens (including phenoxy) is 1. The van der Waals surface area contributed by atoms with Gasteiger partial charge in [-0.2, -0.15) is 0 Å². The van der Waals surface area contributed by atoms with Gasteiger partial charge in [-0.25, -0.2) is 4.39 Å². The molecule has 2 N–H and O–H groups in total. The monoisotopic (exact) mass is 488 g/mol. The highest BCUT2D eigenvalue weighted by atomic mass is 35.5. The largest absolute Gasteiger partial charge is 0.481 e. The first-order valence-corrected chi connectivity index (χ1v) is 12.1. The van der Waals surface area contributed by atoms with E-state index in [2.05, 4.69) is 10.2 Å². The van der Waals surface area contributed by atoms with Crippen LogP contribution in [-0.4, -0.2) is 42.3 Å². The minimum atomic E-state index is -0.833. The van der Waals surface area contributed by atoms with E-state index in [4.69, 9.17) is 16.3 Å². The number of hydrogen-bond donors (Lipinski definition) is 2. The van der Waals surface area contributed by atoms with Crippen LogP contribution in [-0.2, 0) is 20.7 Å². The first-order chi connectivity index (χ1) is 16.2. The molecule has 1 saturated carbocycles. The Morgan fingerprint density at radius 1 is 1.18 bits per heavy atom. The summed E-state index contributed by atoms with van der Waals surface area (Å²) in [4.78, 5) is 26.6. The molecule has 2 aromatic rings. The van der Waals surface area contributed by atoms with E-state index in [0.29, 0.717) is 24.7 Å². The van der Waals surface area contributed by atoms with E-state index >= 15 is 0 Å². The normalized spacial score (nSPS) is 21.2. The molecule has 1 aliphatic carbocycles. The van der Waals surface area contributed by atoms with Gasteiger partial charge in [0.25, 0.3) is 0 Å². The maximum atomic E-state index is 14.3. The standard InChI is InChI=1S/C26H30ClFN2O4/c1-15-13-30(14-16(2)34-15)24-8-6-18(21(12-26(32)33)17-3-4-17)9-23(24)29-25(31)10-19-5-7-20(27)11-22(19)28/h5-9,11,15-17,21H,3-4,10,12-14H2,1-2H3,(H,29,31)(H,32,33)/t15-,16+,21?. The van der Waals surface area contributed by atoms with Crippen LogP contribution in [0.3, 0.4) is 0 Å². The van der Waals surface area contributed by atoms with E-state index in [1.54, 1.807) is 6.07 Å². The Hall–Kier alpha value is -2.64. The van der Waals surface area contributed by atoms with Crippen LogP contribution >= 0.6 is 11.6 Å². The Kier molecular flexibility index (Phi) is 7.43. The molecule has 3 atom stereocenters. The van der Waals surface area contributed by atoms with Gasteiger partial charge in [0, 0.05) is 18.1 Å². The van der Waals surface area contributed by atoms with E-state index in [0.717, 1.165) is 24.1 Å². The number of benzene rings is 2. The molecule has 1 saturated heterocycles. The highest BCUT2D eigenvalue weighted by Gasteiger charge is 2.34. The van der Waals surface area contributed by atoms with Crippen molar-refractivity contribution in [3.05, 3.63) is 58.4 Å². The molecule has 4 rings (SSSR count). The number of nitrogens with zero attached hydrogens (tertiary/aromatic N) is 1. The number of anilines is 2. The lowest BCUT2D eigenvalue weighted by atomic mass is 9.90. The van der Waals surface area contributed by atoms with Gasteiger partial charge in [0.15, 0.2) is 0 Å². The van der Waals surface area contributed by atoms with Gasteiger partial charge < -0.3 is 20.1 Å². The number of halogens is 2. The second-order valence-corrected chi connectivity index (χ2v) is 9.88. The lowest BCUT2D eigenvalue weighted by molar-refractivity contribution is -0.137. The van der Waals surface area contributed by atoms with Crippen molar-refractivity contribution in [3.63, 3.8) is 0 Å². The van der Waals surface area contributed by atoms with Crippen molar-refractivity contribution in [3.8, 4) is 0 Å². The number of hydrogen-bond acceptors (Lipinski definition) is 4. The van der Waals surface area contributed by atoms with Crippen LogP contribution in [0.2, 0.25) is 5.02 Å². The Labute approximate surface area is 204 Å². The predicted molar refractivity (Wildman–Crippen MR) is 130 cm³/mol.